The fourth-order valence-electron chi connectivity index (χ4n) is 2.36. The molecule has 17 heavy (non-hydrogen) atoms. The lowest BCUT2D eigenvalue weighted by molar-refractivity contribution is 0.139. The van der Waals surface area contributed by atoms with E-state index in [2.05, 4.69) is 22.2 Å². The van der Waals surface area contributed by atoms with Crippen molar-refractivity contribution in [2.45, 2.75) is 37.3 Å². The zero-order valence-electron chi connectivity index (χ0n) is 10.3. The van der Waals surface area contributed by atoms with Crippen LogP contribution in [0.2, 0.25) is 0 Å². The standard InChI is InChI=1S/C12H19N3OS/c1-12(8-16)5-3-4-9(12)14-10-6-13-7-11(15-10)17-2/h6-7,9,16H,3-5,8H2,1-2H3,(H,14,15)/t9-,12-/m0/s1. The van der Waals surface area contributed by atoms with Crippen molar-refractivity contribution < 1.29 is 5.11 Å². The number of hydrogen-bond acceptors (Lipinski definition) is 5. The number of hydrogen-bond donors (Lipinski definition) is 2. The maximum Gasteiger partial charge on any atom is 0.146 e. The van der Waals surface area contributed by atoms with Gasteiger partial charge in [-0.25, -0.2) is 4.98 Å². The molecule has 1 aromatic rings. The molecule has 1 saturated carbocycles. The van der Waals surface area contributed by atoms with E-state index in [0.29, 0.717) is 6.04 Å². The maximum atomic E-state index is 9.49. The fraction of sp³-hybridized carbons (Fsp3) is 0.667. The molecule has 0 aromatic carbocycles. The van der Waals surface area contributed by atoms with E-state index < -0.39 is 0 Å². The van der Waals surface area contributed by atoms with Crippen LogP contribution in [0.15, 0.2) is 17.4 Å². The van der Waals surface area contributed by atoms with Crippen molar-refractivity contribution in [1.82, 2.24) is 9.97 Å². The van der Waals surface area contributed by atoms with Crippen molar-refractivity contribution in [3.63, 3.8) is 0 Å². The fourth-order valence-corrected chi connectivity index (χ4v) is 2.72. The van der Waals surface area contributed by atoms with Crippen molar-refractivity contribution in [3.05, 3.63) is 12.4 Å². The average Bonchev–Trinajstić information content (AvgIpc) is 2.72. The molecule has 0 bridgehead atoms. The normalized spacial score (nSPS) is 28.3. The summed E-state index contributed by atoms with van der Waals surface area (Å²) in [7, 11) is 0. The summed E-state index contributed by atoms with van der Waals surface area (Å²) in [6, 6.07) is 0.291. The summed E-state index contributed by atoms with van der Waals surface area (Å²) in [5.41, 5.74) is -0.0307. The van der Waals surface area contributed by atoms with E-state index in [0.717, 1.165) is 30.1 Å². The predicted octanol–water partition coefficient (Wildman–Crippen LogP) is 2.16. The Morgan fingerprint density at radius 1 is 1.59 bits per heavy atom. The summed E-state index contributed by atoms with van der Waals surface area (Å²) in [5.74, 6) is 0.809. The highest BCUT2D eigenvalue weighted by molar-refractivity contribution is 7.98. The quantitative estimate of drug-likeness (QED) is 0.805. The van der Waals surface area contributed by atoms with Gasteiger partial charge in [-0.2, -0.15) is 0 Å². The minimum atomic E-state index is -0.0307. The van der Waals surface area contributed by atoms with Gasteiger partial charge in [-0.1, -0.05) is 13.3 Å². The van der Waals surface area contributed by atoms with Gasteiger partial charge < -0.3 is 10.4 Å². The molecule has 1 heterocycles. The summed E-state index contributed by atoms with van der Waals surface area (Å²) in [5, 5.41) is 13.8. The van der Waals surface area contributed by atoms with Crippen LogP contribution in [0.5, 0.6) is 0 Å². The summed E-state index contributed by atoms with van der Waals surface area (Å²) in [6.45, 7) is 2.35. The number of anilines is 1. The minimum absolute atomic E-state index is 0.0307. The second-order valence-corrected chi connectivity index (χ2v) is 5.67. The van der Waals surface area contributed by atoms with E-state index in [9.17, 15) is 5.11 Å². The highest BCUT2D eigenvalue weighted by Crippen LogP contribution is 2.38. The van der Waals surface area contributed by atoms with Gasteiger partial charge in [0.2, 0.25) is 0 Å². The van der Waals surface area contributed by atoms with Crippen molar-refractivity contribution in [1.29, 1.82) is 0 Å². The van der Waals surface area contributed by atoms with E-state index in [1.807, 2.05) is 6.26 Å². The van der Waals surface area contributed by atoms with Gasteiger partial charge in [0.05, 0.1) is 19.0 Å². The number of thioether (sulfide) groups is 1. The molecule has 4 nitrogen and oxygen atoms in total. The van der Waals surface area contributed by atoms with Crippen molar-refractivity contribution in [3.8, 4) is 0 Å². The molecule has 1 aliphatic carbocycles. The van der Waals surface area contributed by atoms with Crippen LogP contribution in [0.1, 0.15) is 26.2 Å². The number of aliphatic hydroxyl groups is 1. The molecule has 0 radical (unpaired) electrons. The monoisotopic (exact) mass is 253 g/mol. The van der Waals surface area contributed by atoms with E-state index in [-0.39, 0.29) is 12.0 Å². The maximum absolute atomic E-state index is 9.49. The molecule has 0 spiro atoms. The molecule has 1 fully saturated rings. The first kappa shape index (κ1) is 12.6. The van der Waals surface area contributed by atoms with E-state index in [4.69, 9.17) is 0 Å². The largest absolute Gasteiger partial charge is 0.396 e. The smallest absolute Gasteiger partial charge is 0.146 e. The molecule has 94 valence electrons. The van der Waals surface area contributed by atoms with Crippen LogP contribution in [0.3, 0.4) is 0 Å². The van der Waals surface area contributed by atoms with Crippen molar-refractivity contribution >= 4 is 17.6 Å². The van der Waals surface area contributed by atoms with Gasteiger partial charge in [-0.3, -0.25) is 4.98 Å². The third kappa shape index (κ3) is 2.72. The number of aliphatic hydroxyl groups excluding tert-OH is 1. The number of aromatic nitrogens is 2. The van der Waals surface area contributed by atoms with Crippen molar-refractivity contribution in [2.75, 3.05) is 18.2 Å². The van der Waals surface area contributed by atoms with Crippen LogP contribution in [-0.2, 0) is 0 Å². The van der Waals surface area contributed by atoms with Gasteiger partial charge >= 0.3 is 0 Å². The molecule has 0 amide bonds. The molecule has 2 rings (SSSR count). The molecule has 2 atom stereocenters. The van der Waals surface area contributed by atoms with E-state index in [1.165, 1.54) is 0 Å². The Hall–Kier alpha value is -0.810. The van der Waals surface area contributed by atoms with E-state index >= 15 is 0 Å². The Morgan fingerprint density at radius 2 is 2.41 bits per heavy atom. The number of nitrogens with one attached hydrogen (secondary N) is 1. The lowest BCUT2D eigenvalue weighted by atomic mass is 9.86. The second-order valence-electron chi connectivity index (χ2n) is 4.85. The summed E-state index contributed by atoms with van der Waals surface area (Å²) in [6.07, 6.45) is 8.80. The molecule has 0 unspecified atom stereocenters. The summed E-state index contributed by atoms with van der Waals surface area (Å²) in [4.78, 5) is 8.63. The average molecular weight is 253 g/mol. The van der Waals surface area contributed by atoms with Gasteiger partial charge in [0.25, 0.3) is 0 Å². The van der Waals surface area contributed by atoms with Crippen LogP contribution >= 0.6 is 11.8 Å². The van der Waals surface area contributed by atoms with Gasteiger partial charge in [0.15, 0.2) is 0 Å². The molecule has 2 N–H and O–H groups in total. The zero-order valence-corrected chi connectivity index (χ0v) is 11.1. The first-order valence-corrected chi connectivity index (χ1v) is 7.14. The summed E-state index contributed by atoms with van der Waals surface area (Å²) >= 11 is 1.58. The second kappa shape index (κ2) is 5.23. The molecule has 0 aliphatic heterocycles. The number of rotatable bonds is 4. The molecular formula is C12H19N3OS. The SMILES string of the molecule is CSc1cncc(N[C@H]2CCC[C@@]2(C)CO)n1. The van der Waals surface area contributed by atoms with Crippen LogP contribution < -0.4 is 5.32 Å². The van der Waals surface area contributed by atoms with Crippen LogP contribution in [-0.4, -0.2) is 34.0 Å². The molecule has 1 aliphatic rings. The first-order valence-electron chi connectivity index (χ1n) is 5.91. The third-order valence-electron chi connectivity index (χ3n) is 3.59. The Balaban J connectivity index is 2.09. The lowest BCUT2D eigenvalue weighted by Gasteiger charge is -2.30. The van der Waals surface area contributed by atoms with Crippen molar-refractivity contribution in [2.24, 2.45) is 5.41 Å². The molecule has 5 heteroatoms. The number of nitrogens with zero attached hydrogens (tertiary/aromatic N) is 2. The Labute approximate surface area is 106 Å². The first-order chi connectivity index (χ1) is 8.18. The highest BCUT2D eigenvalue weighted by Gasteiger charge is 2.38. The van der Waals surface area contributed by atoms with Crippen LogP contribution in [0.4, 0.5) is 5.82 Å². The predicted molar refractivity (Wildman–Crippen MR) is 70.3 cm³/mol. The third-order valence-corrected chi connectivity index (χ3v) is 4.20. The zero-order chi connectivity index (χ0) is 12.3. The minimum Gasteiger partial charge on any atom is -0.396 e. The topological polar surface area (TPSA) is 58.0 Å². The van der Waals surface area contributed by atoms with Gasteiger partial charge in [0, 0.05) is 11.5 Å². The van der Waals surface area contributed by atoms with Gasteiger partial charge in [0.1, 0.15) is 10.8 Å². The Kier molecular flexibility index (Phi) is 3.89. The van der Waals surface area contributed by atoms with Crippen LogP contribution in [0, 0.1) is 5.41 Å². The molecule has 1 aromatic heterocycles. The summed E-state index contributed by atoms with van der Waals surface area (Å²) < 4.78 is 0. The van der Waals surface area contributed by atoms with E-state index in [1.54, 1.807) is 24.2 Å². The highest BCUT2D eigenvalue weighted by atomic mass is 32.2. The van der Waals surface area contributed by atoms with Gasteiger partial charge in [-0.05, 0) is 19.1 Å². The van der Waals surface area contributed by atoms with Gasteiger partial charge in [-0.15, -0.1) is 11.8 Å². The molecular weight excluding hydrogens is 234 g/mol. The Bertz CT molecular complexity index is 388. The van der Waals surface area contributed by atoms with Crippen LogP contribution in [0.25, 0.3) is 0 Å². The lowest BCUT2D eigenvalue weighted by Crippen LogP contribution is -2.36. The Morgan fingerprint density at radius 3 is 3.12 bits per heavy atom. The molecule has 0 saturated heterocycles.